The number of carbonyl (C=O) groups is 1. The van der Waals surface area contributed by atoms with Crippen LogP contribution in [0.5, 0.6) is 0 Å². The number of H-pyrrole nitrogens is 1. The smallest absolute Gasteiger partial charge is 0.254 e. The zero-order chi connectivity index (χ0) is 15.1. The second-order valence-corrected chi connectivity index (χ2v) is 6.13. The largest absolute Gasteiger partial charge is 0.378 e. The second kappa shape index (κ2) is 5.37. The number of morpholine rings is 1. The summed E-state index contributed by atoms with van der Waals surface area (Å²) < 4.78 is 6.09. The van der Waals surface area contributed by atoms with Crippen LogP contribution in [0.15, 0.2) is 34.9 Å². The van der Waals surface area contributed by atoms with Crippen molar-refractivity contribution in [2.75, 3.05) is 26.3 Å². The fourth-order valence-corrected chi connectivity index (χ4v) is 3.13. The SMILES string of the molecule is O=C(c1ccc2c(c1)[nH]c1ccc(Br)nc12)N1CCOCC1. The van der Waals surface area contributed by atoms with Crippen molar-refractivity contribution in [3.05, 3.63) is 40.5 Å². The molecule has 2 aromatic heterocycles. The number of carbonyl (C=O) groups excluding carboxylic acids is 1. The number of hydrogen-bond acceptors (Lipinski definition) is 3. The summed E-state index contributed by atoms with van der Waals surface area (Å²) in [5, 5.41) is 1.02. The standard InChI is InChI=1S/C16H14BrN3O2/c17-14-4-3-12-15(19-14)11-2-1-10(9-13(11)18-12)16(21)20-5-7-22-8-6-20/h1-4,9,18H,5-8H2. The Morgan fingerprint density at radius 2 is 2.00 bits per heavy atom. The molecule has 1 aliphatic heterocycles. The number of nitrogens with one attached hydrogen (secondary N) is 1. The number of fused-ring (bicyclic) bond motifs is 3. The van der Waals surface area contributed by atoms with E-state index in [-0.39, 0.29) is 5.91 Å². The number of aromatic amines is 1. The van der Waals surface area contributed by atoms with Gasteiger partial charge in [0.05, 0.1) is 24.2 Å². The van der Waals surface area contributed by atoms with E-state index in [2.05, 4.69) is 25.9 Å². The van der Waals surface area contributed by atoms with Crippen molar-refractivity contribution in [1.29, 1.82) is 0 Å². The summed E-state index contributed by atoms with van der Waals surface area (Å²) in [5.74, 6) is 0.0537. The third kappa shape index (κ3) is 2.28. The molecular formula is C16H14BrN3O2. The van der Waals surface area contributed by atoms with E-state index in [9.17, 15) is 4.79 Å². The Hall–Kier alpha value is -1.92. The van der Waals surface area contributed by atoms with Crippen LogP contribution in [0.25, 0.3) is 21.9 Å². The number of hydrogen-bond donors (Lipinski definition) is 1. The maximum absolute atomic E-state index is 12.5. The van der Waals surface area contributed by atoms with Crippen molar-refractivity contribution in [2.24, 2.45) is 0 Å². The van der Waals surface area contributed by atoms with Crippen LogP contribution in [-0.4, -0.2) is 47.1 Å². The lowest BCUT2D eigenvalue weighted by molar-refractivity contribution is 0.0303. The van der Waals surface area contributed by atoms with Crippen LogP contribution in [0.2, 0.25) is 0 Å². The molecule has 1 amide bonds. The van der Waals surface area contributed by atoms with Gasteiger partial charge < -0.3 is 14.6 Å². The number of pyridine rings is 1. The van der Waals surface area contributed by atoms with Gasteiger partial charge in [-0.3, -0.25) is 4.79 Å². The topological polar surface area (TPSA) is 58.2 Å². The Kier molecular flexibility index (Phi) is 3.35. The first kappa shape index (κ1) is 13.7. The molecule has 3 heterocycles. The van der Waals surface area contributed by atoms with Gasteiger partial charge in [0.2, 0.25) is 0 Å². The van der Waals surface area contributed by atoms with Crippen molar-refractivity contribution < 1.29 is 9.53 Å². The van der Waals surface area contributed by atoms with Crippen LogP contribution in [0.4, 0.5) is 0 Å². The second-order valence-electron chi connectivity index (χ2n) is 5.32. The lowest BCUT2D eigenvalue weighted by Crippen LogP contribution is -2.40. The zero-order valence-corrected chi connectivity index (χ0v) is 13.4. The molecule has 1 saturated heterocycles. The van der Waals surface area contributed by atoms with Crippen molar-refractivity contribution in [2.45, 2.75) is 0 Å². The van der Waals surface area contributed by atoms with Crippen LogP contribution in [0.1, 0.15) is 10.4 Å². The van der Waals surface area contributed by atoms with E-state index in [1.54, 1.807) is 0 Å². The van der Waals surface area contributed by atoms with Gasteiger partial charge in [0.25, 0.3) is 5.91 Å². The maximum Gasteiger partial charge on any atom is 0.254 e. The van der Waals surface area contributed by atoms with Gasteiger partial charge in [-0.2, -0.15) is 0 Å². The van der Waals surface area contributed by atoms with E-state index >= 15 is 0 Å². The summed E-state index contributed by atoms with van der Waals surface area (Å²) in [7, 11) is 0. The number of aromatic nitrogens is 2. The molecule has 4 rings (SSSR count). The van der Waals surface area contributed by atoms with Gasteiger partial charge in [-0.15, -0.1) is 0 Å². The quantitative estimate of drug-likeness (QED) is 0.679. The Labute approximate surface area is 135 Å². The van der Waals surface area contributed by atoms with Crippen LogP contribution >= 0.6 is 15.9 Å². The molecule has 0 spiro atoms. The molecule has 5 nitrogen and oxygen atoms in total. The normalized spacial score (nSPS) is 15.6. The third-order valence-electron chi connectivity index (χ3n) is 3.95. The van der Waals surface area contributed by atoms with E-state index < -0.39 is 0 Å². The van der Waals surface area contributed by atoms with Gasteiger partial charge in [0, 0.05) is 29.6 Å². The predicted octanol–water partition coefficient (Wildman–Crippen LogP) is 2.95. The Bertz CT molecular complexity index is 868. The minimum Gasteiger partial charge on any atom is -0.378 e. The van der Waals surface area contributed by atoms with Crippen molar-refractivity contribution in [3.63, 3.8) is 0 Å². The van der Waals surface area contributed by atoms with Crippen LogP contribution in [0, 0.1) is 0 Å². The summed E-state index contributed by atoms with van der Waals surface area (Å²) in [5.41, 5.74) is 3.50. The summed E-state index contributed by atoms with van der Waals surface area (Å²) in [4.78, 5) is 22.2. The van der Waals surface area contributed by atoms with E-state index in [1.165, 1.54) is 0 Å². The highest BCUT2D eigenvalue weighted by Crippen LogP contribution is 2.26. The molecule has 22 heavy (non-hydrogen) atoms. The lowest BCUT2D eigenvalue weighted by Gasteiger charge is -2.26. The molecule has 0 aliphatic carbocycles. The molecule has 0 bridgehead atoms. The summed E-state index contributed by atoms with van der Waals surface area (Å²) in [6.07, 6.45) is 0. The van der Waals surface area contributed by atoms with Gasteiger partial charge in [0.15, 0.2) is 0 Å². The summed E-state index contributed by atoms with van der Waals surface area (Å²) in [6, 6.07) is 9.62. The van der Waals surface area contributed by atoms with E-state index in [1.807, 2.05) is 35.2 Å². The first-order valence-corrected chi connectivity index (χ1v) is 7.97. The average molecular weight is 360 g/mol. The van der Waals surface area contributed by atoms with Gasteiger partial charge in [0.1, 0.15) is 4.60 Å². The minimum atomic E-state index is 0.0537. The molecule has 112 valence electrons. The molecule has 1 aromatic carbocycles. The molecule has 6 heteroatoms. The van der Waals surface area contributed by atoms with E-state index in [0.29, 0.717) is 31.9 Å². The van der Waals surface area contributed by atoms with Crippen molar-refractivity contribution in [1.82, 2.24) is 14.9 Å². The van der Waals surface area contributed by atoms with Crippen molar-refractivity contribution >= 4 is 43.8 Å². The number of rotatable bonds is 1. The fourth-order valence-electron chi connectivity index (χ4n) is 2.82. The third-order valence-corrected chi connectivity index (χ3v) is 4.39. The molecule has 1 fully saturated rings. The predicted molar refractivity (Wildman–Crippen MR) is 88.0 cm³/mol. The number of halogens is 1. The minimum absolute atomic E-state index is 0.0537. The molecule has 0 saturated carbocycles. The highest BCUT2D eigenvalue weighted by Gasteiger charge is 2.19. The molecular weight excluding hydrogens is 346 g/mol. The van der Waals surface area contributed by atoms with E-state index in [0.717, 1.165) is 26.5 Å². The zero-order valence-electron chi connectivity index (χ0n) is 11.8. The Morgan fingerprint density at radius 3 is 2.82 bits per heavy atom. The first-order chi connectivity index (χ1) is 10.7. The number of ether oxygens (including phenoxy) is 1. The number of amides is 1. The summed E-state index contributed by atoms with van der Waals surface area (Å²) >= 11 is 3.40. The molecule has 0 unspecified atom stereocenters. The summed E-state index contributed by atoms with van der Waals surface area (Å²) in [6.45, 7) is 2.52. The van der Waals surface area contributed by atoms with Gasteiger partial charge in [-0.05, 0) is 46.3 Å². The average Bonchev–Trinajstić information content (AvgIpc) is 2.92. The van der Waals surface area contributed by atoms with Crippen molar-refractivity contribution in [3.8, 4) is 0 Å². The van der Waals surface area contributed by atoms with E-state index in [4.69, 9.17) is 4.74 Å². The van der Waals surface area contributed by atoms with Crippen LogP contribution in [-0.2, 0) is 4.74 Å². The van der Waals surface area contributed by atoms with Gasteiger partial charge in [-0.1, -0.05) is 0 Å². The first-order valence-electron chi connectivity index (χ1n) is 7.17. The lowest BCUT2D eigenvalue weighted by atomic mass is 10.1. The fraction of sp³-hybridized carbons (Fsp3) is 0.250. The molecule has 1 aliphatic rings. The van der Waals surface area contributed by atoms with Crippen LogP contribution in [0.3, 0.4) is 0 Å². The Balaban J connectivity index is 1.77. The number of benzene rings is 1. The van der Waals surface area contributed by atoms with Gasteiger partial charge in [-0.25, -0.2) is 4.98 Å². The monoisotopic (exact) mass is 359 g/mol. The Morgan fingerprint density at radius 1 is 1.18 bits per heavy atom. The molecule has 0 radical (unpaired) electrons. The molecule has 1 N–H and O–H groups in total. The van der Waals surface area contributed by atoms with Crippen LogP contribution < -0.4 is 0 Å². The van der Waals surface area contributed by atoms with Gasteiger partial charge >= 0.3 is 0 Å². The molecule has 0 atom stereocenters. The highest BCUT2D eigenvalue weighted by molar-refractivity contribution is 9.10. The molecule has 3 aromatic rings. The maximum atomic E-state index is 12.5. The number of nitrogens with zero attached hydrogens (tertiary/aromatic N) is 2. The highest BCUT2D eigenvalue weighted by atomic mass is 79.9.